The first-order chi connectivity index (χ1) is 6.18. The number of nitrogens with zero attached hydrogens (tertiary/aromatic N) is 2. The molecule has 2 aromatic heterocycles. The fraction of sp³-hybridized carbons (Fsp3) is 0.111. The first kappa shape index (κ1) is 7.79. The molecule has 0 aliphatic rings. The fourth-order valence-electron chi connectivity index (χ4n) is 1.29. The Morgan fingerprint density at radius 1 is 1.62 bits per heavy atom. The number of fused-ring (bicyclic) bond motifs is 1. The van der Waals surface area contributed by atoms with Crippen molar-refractivity contribution in [2.75, 3.05) is 0 Å². The van der Waals surface area contributed by atoms with Crippen molar-refractivity contribution < 1.29 is 9.90 Å². The summed E-state index contributed by atoms with van der Waals surface area (Å²) in [6, 6.07) is 5.16. The Bertz CT molecular complexity index is 473. The molecular weight excluding hydrogens is 168 g/mol. The van der Waals surface area contributed by atoms with Crippen LogP contribution in [0.4, 0.5) is 0 Å². The largest absolute Gasteiger partial charge is 0.477 e. The number of carboxylic acid groups (broad SMARTS) is 1. The summed E-state index contributed by atoms with van der Waals surface area (Å²) in [5, 5.41) is 8.73. The van der Waals surface area contributed by atoms with Crippen LogP contribution in [0.15, 0.2) is 24.4 Å². The van der Waals surface area contributed by atoms with Crippen molar-refractivity contribution in [3.63, 3.8) is 0 Å². The highest BCUT2D eigenvalue weighted by Crippen LogP contribution is 2.07. The van der Waals surface area contributed by atoms with Gasteiger partial charge in [-0.25, -0.2) is 9.78 Å². The van der Waals surface area contributed by atoms with Gasteiger partial charge in [-0.2, -0.15) is 0 Å². The molecule has 4 heteroatoms. The van der Waals surface area contributed by atoms with Crippen molar-refractivity contribution in [3.05, 3.63) is 35.8 Å². The zero-order valence-electron chi connectivity index (χ0n) is 7.06. The van der Waals surface area contributed by atoms with Gasteiger partial charge in [-0.3, -0.25) is 0 Å². The minimum atomic E-state index is -0.994. The Kier molecular flexibility index (Phi) is 1.55. The maximum atomic E-state index is 10.6. The molecule has 2 rings (SSSR count). The van der Waals surface area contributed by atoms with Gasteiger partial charge in [0.15, 0.2) is 5.69 Å². The topological polar surface area (TPSA) is 54.6 Å². The van der Waals surface area contributed by atoms with Gasteiger partial charge in [0, 0.05) is 11.9 Å². The van der Waals surface area contributed by atoms with Crippen LogP contribution in [0.1, 0.15) is 16.2 Å². The van der Waals surface area contributed by atoms with Crippen molar-refractivity contribution in [3.8, 4) is 0 Å². The number of hydrogen-bond donors (Lipinski definition) is 1. The predicted octanol–water partition coefficient (Wildman–Crippen LogP) is 1.34. The molecule has 2 heterocycles. The zero-order valence-corrected chi connectivity index (χ0v) is 7.06. The Morgan fingerprint density at radius 3 is 3.08 bits per heavy atom. The Morgan fingerprint density at radius 2 is 2.38 bits per heavy atom. The van der Waals surface area contributed by atoms with Gasteiger partial charge < -0.3 is 9.51 Å². The van der Waals surface area contributed by atoms with Crippen LogP contribution in [0.25, 0.3) is 5.65 Å². The molecule has 0 spiro atoms. The van der Waals surface area contributed by atoms with E-state index in [9.17, 15) is 4.79 Å². The molecule has 0 aliphatic heterocycles. The van der Waals surface area contributed by atoms with Crippen LogP contribution >= 0.6 is 0 Å². The van der Waals surface area contributed by atoms with Crippen LogP contribution in [-0.4, -0.2) is 20.5 Å². The van der Waals surface area contributed by atoms with E-state index < -0.39 is 5.97 Å². The van der Waals surface area contributed by atoms with Crippen LogP contribution in [0.3, 0.4) is 0 Å². The zero-order chi connectivity index (χ0) is 9.42. The molecule has 0 aliphatic carbocycles. The molecule has 0 saturated heterocycles. The van der Waals surface area contributed by atoms with Crippen LogP contribution < -0.4 is 0 Å². The number of carboxylic acids is 1. The van der Waals surface area contributed by atoms with Crippen molar-refractivity contribution in [1.29, 1.82) is 0 Å². The number of aromatic nitrogens is 2. The molecule has 1 N–H and O–H groups in total. The van der Waals surface area contributed by atoms with E-state index in [1.54, 1.807) is 12.1 Å². The summed E-state index contributed by atoms with van der Waals surface area (Å²) in [6.45, 7) is 1.85. The fourth-order valence-corrected chi connectivity index (χ4v) is 1.29. The van der Waals surface area contributed by atoms with Crippen LogP contribution in [0.2, 0.25) is 0 Å². The molecule has 0 bridgehead atoms. The van der Waals surface area contributed by atoms with Crippen LogP contribution in [0, 0.1) is 6.92 Å². The molecule has 0 radical (unpaired) electrons. The van der Waals surface area contributed by atoms with Gasteiger partial charge in [-0.05, 0) is 25.1 Å². The van der Waals surface area contributed by atoms with Crippen molar-refractivity contribution in [1.82, 2.24) is 9.38 Å². The van der Waals surface area contributed by atoms with E-state index in [1.165, 1.54) is 0 Å². The Balaban J connectivity index is 2.77. The second-order valence-electron chi connectivity index (χ2n) is 2.82. The third kappa shape index (κ3) is 1.16. The van der Waals surface area contributed by atoms with Crippen LogP contribution in [-0.2, 0) is 0 Å². The van der Waals surface area contributed by atoms with Crippen molar-refractivity contribution in [2.45, 2.75) is 6.92 Å². The lowest BCUT2D eigenvalue weighted by atomic mass is 10.3. The normalized spacial score (nSPS) is 10.5. The lowest BCUT2D eigenvalue weighted by Crippen LogP contribution is -2.03. The standard InChI is InChI=1S/C9H8N2O2/c1-6-5-7(9(12)13)10-8-3-2-4-11(6)8/h2-5H,1H3,(H,12,13). The number of hydrogen-bond acceptors (Lipinski definition) is 2. The van der Waals surface area contributed by atoms with Gasteiger partial charge in [0.2, 0.25) is 0 Å². The molecule has 4 nitrogen and oxygen atoms in total. The van der Waals surface area contributed by atoms with E-state index in [2.05, 4.69) is 4.98 Å². The average molecular weight is 176 g/mol. The molecule has 0 aromatic carbocycles. The SMILES string of the molecule is Cc1cc(C(=O)O)nc2cccn12. The summed E-state index contributed by atoms with van der Waals surface area (Å²) in [6.07, 6.45) is 1.85. The minimum absolute atomic E-state index is 0.0868. The third-order valence-corrected chi connectivity index (χ3v) is 1.91. The van der Waals surface area contributed by atoms with Crippen molar-refractivity contribution >= 4 is 11.6 Å². The molecule has 0 unspecified atom stereocenters. The first-order valence-corrected chi connectivity index (χ1v) is 3.86. The number of aromatic carboxylic acids is 1. The Labute approximate surface area is 74.5 Å². The van der Waals surface area contributed by atoms with Gasteiger partial charge >= 0.3 is 5.97 Å². The van der Waals surface area contributed by atoms with Gasteiger partial charge in [-0.1, -0.05) is 0 Å². The summed E-state index contributed by atoms with van der Waals surface area (Å²) in [5.41, 5.74) is 1.62. The van der Waals surface area contributed by atoms with E-state index in [-0.39, 0.29) is 5.69 Å². The van der Waals surface area contributed by atoms with Gasteiger partial charge in [0.25, 0.3) is 0 Å². The van der Waals surface area contributed by atoms with E-state index in [1.807, 2.05) is 23.6 Å². The first-order valence-electron chi connectivity index (χ1n) is 3.86. The van der Waals surface area contributed by atoms with E-state index in [0.29, 0.717) is 5.65 Å². The van der Waals surface area contributed by atoms with Gasteiger partial charge in [0.1, 0.15) is 5.65 Å². The molecular formula is C9H8N2O2. The summed E-state index contributed by atoms with van der Waals surface area (Å²) in [7, 11) is 0. The van der Waals surface area contributed by atoms with Gasteiger partial charge in [-0.15, -0.1) is 0 Å². The number of aryl methyl sites for hydroxylation is 1. The van der Waals surface area contributed by atoms with Crippen LogP contribution in [0.5, 0.6) is 0 Å². The highest BCUT2D eigenvalue weighted by Gasteiger charge is 2.07. The molecule has 0 atom stereocenters. The maximum absolute atomic E-state index is 10.6. The predicted molar refractivity (Wildman–Crippen MR) is 46.9 cm³/mol. The second kappa shape index (κ2) is 2.58. The number of carbonyl (C=O) groups is 1. The highest BCUT2D eigenvalue weighted by molar-refractivity contribution is 5.86. The monoisotopic (exact) mass is 176 g/mol. The molecule has 0 saturated carbocycles. The number of rotatable bonds is 1. The highest BCUT2D eigenvalue weighted by atomic mass is 16.4. The van der Waals surface area contributed by atoms with E-state index in [4.69, 9.17) is 5.11 Å². The smallest absolute Gasteiger partial charge is 0.354 e. The lowest BCUT2D eigenvalue weighted by molar-refractivity contribution is 0.0690. The van der Waals surface area contributed by atoms with Crippen molar-refractivity contribution in [2.24, 2.45) is 0 Å². The molecule has 0 amide bonds. The molecule has 0 fully saturated rings. The molecule has 13 heavy (non-hydrogen) atoms. The maximum Gasteiger partial charge on any atom is 0.354 e. The van der Waals surface area contributed by atoms with Gasteiger partial charge in [0.05, 0.1) is 0 Å². The minimum Gasteiger partial charge on any atom is -0.477 e. The summed E-state index contributed by atoms with van der Waals surface area (Å²) >= 11 is 0. The lowest BCUT2D eigenvalue weighted by Gasteiger charge is -2.01. The van der Waals surface area contributed by atoms with E-state index in [0.717, 1.165) is 5.69 Å². The Hall–Kier alpha value is -1.84. The quantitative estimate of drug-likeness (QED) is 0.713. The summed E-state index contributed by atoms with van der Waals surface area (Å²) in [5.74, 6) is -0.994. The summed E-state index contributed by atoms with van der Waals surface area (Å²) < 4.78 is 1.84. The molecule has 2 aromatic rings. The average Bonchev–Trinajstić information content (AvgIpc) is 2.51. The second-order valence-corrected chi connectivity index (χ2v) is 2.82. The summed E-state index contributed by atoms with van der Waals surface area (Å²) in [4.78, 5) is 14.6. The third-order valence-electron chi connectivity index (χ3n) is 1.91. The molecule has 66 valence electrons. The van der Waals surface area contributed by atoms with E-state index >= 15 is 0 Å².